The standard InChI is InChI=1S/C13H16F2N2O/c1-17(2)6-5-9-8-16-12-4-3-10(7-11(9)12)18-13(14)15/h3-4,7-8,13,16H,5-6H2,1-2H3/i1D3,2D3,5D2,6D2. The van der Waals surface area contributed by atoms with Gasteiger partial charge >= 0.3 is 6.61 Å². The number of aromatic amines is 1. The van der Waals surface area contributed by atoms with Crippen LogP contribution in [0.1, 0.15) is 19.3 Å². The van der Waals surface area contributed by atoms with E-state index in [0.29, 0.717) is 0 Å². The van der Waals surface area contributed by atoms with Crippen molar-refractivity contribution < 1.29 is 27.2 Å². The van der Waals surface area contributed by atoms with Gasteiger partial charge in [-0.1, -0.05) is 0 Å². The largest absolute Gasteiger partial charge is 0.435 e. The highest BCUT2D eigenvalue weighted by Gasteiger charge is 2.08. The Kier molecular flexibility index (Phi) is 1.54. The summed E-state index contributed by atoms with van der Waals surface area (Å²) in [5.74, 6) is -0.330. The van der Waals surface area contributed by atoms with Gasteiger partial charge in [0.25, 0.3) is 0 Å². The van der Waals surface area contributed by atoms with E-state index >= 15 is 0 Å². The molecule has 1 N–H and O–H groups in total. The normalized spacial score (nSPS) is 22.9. The average molecular weight is 264 g/mol. The van der Waals surface area contributed by atoms with E-state index in [9.17, 15) is 8.78 Å². The van der Waals surface area contributed by atoms with Gasteiger partial charge in [0.05, 0.1) is 0 Å². The number of halogens is 2. The van der Waals surface area contributed by atoms with E-state index in [4.69, 9.17) is 13.7 Å². The molecule has 0 aliphatic heterocycles. The third-order valence-electron chi connectivity index (χ3n) is 2.18. The van der Waals surface area contributed by atoms with E-state index in [1.807, 2.05) is 0 Å². The number of aryl methyl sites for hydroxylation is 1. The first-order valence-electron chi connectivity index (χ1n) is 9.86. The van der Waals surface area contributed by atoms with Crippen LogP contribution in [0.3, 0.4) is 0 Å². The fraction of sp³-hybridized carbons (Fsp3) is 0.385. The van der Waals surface area contributed by atoms with Crippen molar-refractivity contribution >= 4 is 10.9 Å². The van der Waals surface area contributed by atoms with E-state index < -0.39 is 43.9 Å². The van der Waals surface area contributed by atoms with Gasteiger partial charge in [0.15, 0.2) is 0 Å². The van der Waals surface area contributed by atoms with Crippen LogP contribution in [0.5, 0.6) is 5.75 Å². The summed E-state index contributed by atoms with van der Waals surface area (Å²) in [5.41, 5.74) is -0.226. The molecule has 1 heterocycles. The second-order valence-corrected chi connectivity index (χ2v) is 3.36. The van der Waals surface area contributed by atoms with Gasteiger partial charge in [-0.15, -0.1) is 0 Å². The molecule has 3 nitrogen and oxygen atoms in total. The number of fused-ring (bicyclic) bond motifs is 1. The first kappa shape index (κ1) is 5.17. The predicted octanol–water partition coefficient (Wildman–Crippen LogP) is 2.87. The van der Waals surface area contributed by atoms with E-state index in [1.54, 1.807) is 0 Å². The molecule has 2 aromatic rings. The van der Waals surface area contributed by atoms with Gasteiger partial charge in [0.2, 0.25) is 0 Å². The van der Waals surface area contributed by atoms with Gasteiger partial charge in [-0.05, 0) is 44.1 Å². The fourth-order valence-electron chi connectivity index (χ4n) is 1.50. The number of nitrogens with zero attached hydrogens (tertiary/aromatic N) is 1. The maximum absolute atomic E-state index is 12.4. The summed E-state index contributed by atoms with van der Waals surface area (Å²) >= 11 is 0. The van der Waals surface area contributed by atoms with Crippen molar-refractivity contribution in [3.05, 3.63) is 30.0 Å². The molecular formula is C13H16F2N2O. The molecule has 0 atom stereocenters. The van der Waals surface area contributed by atoms with E-state index in [1.165, 1.54) is 12.1 Å². The van der Waals surface area contributed by atoms with Crippen LogP contribution < -0.4 is 4.74 Å². The van der Waals surface area contributed by atoms with Crippen molar-refractivity contribution in [3.8, 4) is 5.75 Å². The van der Waals surface area contributed by atoms with E-state index in [0.717, 1.165) is 12.3 Å². The van der Waals surface area contributed by atoms with Crippen LogP contribution in [0, 0.1) is 0 Å². The molecule has 0 spiro atoms. The van der Waals surface area contributed by atoms with E-state index in [2.05, 4.69) is 9.72 Å². The number of H-pyrrole nitrogens is 1. The summed E-state index contributed by atoms with van der Waals surface area (Å²) < 4.78 is 106. The highest BCUT2D eigenvalue weighted by atomic mass is 19.3. The topological polar surface area (TPSA) is 28.3 Å². The van der Waals surface area contributed by atoms with Gasteiger partial charge in [-0.3, -0.25) is 0 Å². The number of rotatable bonds is 5. The molecule has 5 heteroatoms. The maximum Gasteiger partial charge on any atom is 0.387 e. The number of aromatic nitrogens is 1. The van der Waals surface area contributed by atoms with Crippen molar-refractivity contribution in [3.63, 3.8) is 0 Å². The zero-order valence-corrected chi connectivity index (χ0v) is 9.00. The molecule has 0 saturated heterocycles. The first-order valence-corrected chi connectivity index (χ1v) is 4.86. The van der Waals surface area contributed by atoms with Crippen LogP contribution in [0.2, 0.25) is 0 Å². The first-order chi connectivity index (χ1) is 12.5. The lowest BCUT2D eigenvalue weighted by molar-refractivity contribution is -0.0497. The average Bonchev–Trinajstić information content (AvgIpc) is 2.86. The molecule has 0 aliphatic rings. The Hall–Kier alpha value is -1.62. The Balaban J connectivity index is 2.64. The summed E-state index contributed by atoms with van der Waals surface area (Å²) in [6, 6.07) is 3.49. The zero-order valence-electron chi connectivity index (χ0n) is 19.0. The molecule has 0 saturated carbocycles. The molecule has 18 heavy (non-hydrogen) atoms. The Bertz CT molecular complexity index is 832. The molecule has 1 aromatic heterocycles. The smallest absolute Gasteiger partial charge is 0.387 e. The maximum atomic E-state index is 12.4. The number of alkyl halides is 2. The Morgan fingerprint density at radius 3 is 3.06 bits per heavy atom. The number of hydrogen-bond donors (Lipinski definition) is 1. The zero-order chi connectivity index (χ0) is 21.7. The molecule has 0 unspecified atom stereocenters. The van der Waals surface area contributed by atoms with Crippen molar-refractivity contribution in [2.75, 3.05) is 20.4 Å². The lowest BCUT2D eigenvalue weighted by atomic mass is 10.1. The number of nitrogens with one attached hydrogen (secondary N) is 1. The number of benzene rings is 1. The minimum atomic E-state index is -3.53. The molecule has 2 rings (SSSR count). The lowest BCUT2D eigenvalue weighted by Crippen LogP contribution is -2.14. The summed E-state index contributed by atoms with van der Waals surface area (Å²) in [4.78, 5) is 2.12. The van der Waals surface area contributed by atoms with Crippen LogP contribution in [-0.2, 0) is 6.37 Å². The molecule has 0 fully saturated rings. The SMILES string of the molecule is [2H]C([2H])([2H])N(C([2H])([2H])[2H])C([2H])([2H])C([2H])([2H])c1c[nH]c2ccc(OC(F)F)cc12. The number of likely N-dealkylation sites (N-methyl/N-ethyl adjacent to an activating group) is 1. The summed E-state index contributed by atoms with van der Waals surface area (Å²) in [7, 11) is 0. The van der Waals surface area contributed by atoms with Crippen molar-refractivity contribution in [2.24, 2.45) is 0 Å². The Morgan fingerprint density at radius 1 is 1.50 bits per heavy atom. The lowest BCUT2D eigenvalue weighted by Gasteiger charge is -2.08. The third-order valence-corrected chi connectivity index (χ3v) is 2.18. The molecule has 1 aromatic carbocycles. The summed E-state index contributed by atoms with van der Waals surface area (Å²) in [6.07, 6.45) is -2.15. The second-order valence-electron chi connectivity index (χ2n) is 3.36. The van der Waals surface area contributed by atoms with E-state index in [-0.39, 0.29) is 16.7 Å². The molecule has 0 radical (unpaired) electrons. The highest BCUT2D eigenvalue weighted by molar-refractivity contribution is 5.84. The van der Waals surface area contributed by atoms with Crippen LogP contribution in [0.15, 0.2) is 24.4 Å². The molecule has 0 aliphatic carbocycles. The minimum Gasteiger partial charge on any atom is -0.435 e. The predicted molar refractivity (Wildman–Crippen MR) is 67.2 cm³/mol. The summed E-state index contributed by atoms with van der Waals surface area (Å²) in [6.45, 7) is -13.7. The van der Waals surface area contributed by atoms with Crippen LogP contribution >= 0.6 is 0 Å². The summed E-state index contributed by atoms with van der Waals surface area (Å²) in [5, 5.41) is -0.0666. The van der Waals surface area contributed by atoms with Crippen LogP contribution in [0.4, 0.5) is 8.78 Å². The monoisotopic (exact) mass is 264 g/mol. The Labute approximate surface area is 118 Å². The molecule has 0 amide bonds. The van der Waals surface area contributed by atoms with Gasteiger partial charge < -0.3 is 14.6 Å². The highest BCUT2D eigenvalue weighted by Crippen LogP contribution is 2.25. The molecule has 0 bridgehead atoms. The van der Waals surface area contributed by atoms with Crippen molar-refractivity contribution in [1.29, 1.82) is 0 Å². The van der Waals surface area contributed by atoms with Crippen LogP contribution in [-0.4, -0.2) is 36.9 Å². The van der Waals surface area contributed by atoms with Crippen LogP contribution in [0.25, 0.3) is 10.9 Å². The van der Waals surface area contributed by atoms with Gasteiger partial charge in [0, 0.05) is 37.3 Å². The number of hydrogen-bond acceptors (Lipinski definition) is 2. The van der Waals surface area contributed by atoms with Crippen molar-refractivity contribution in [2.45, 2.75) is 13.0 Å². The third kappa shape index (κ3) is 2.98. The molecular weight excluding hydrogens is 238 g/mol. The van der Waals surface area contributed by atoms with Crippen molar-refractivity contribution in [1.82, 2.24) is 9.88 Å². The minimum absolute atomic E-state index is 0.0666. The van der Waals surface area contributed by atoms with Gasteiger partial charge in [-0.25, -0.2) is 0 Å². The fourth-order valence-corrected chi connectivity index (χ4v) is 1.50. The number of ether oxygens (including phenoxy) is 1. The molecule has 98 valence electrons. The Morgan fingerprint density at radius 2 is 2.33 bits per heavy atom. The van der Waals surface area contributed by atoms with Gasteiger partial charge in [-0.2, -0.15) is 8.78 Å². The second kappa shape index (κ2) is 5.35. The van der Waals surface area contributed by atoms with Gasteiger partial charge in [0.1, 0.15) is 5.75 Å². The quantitative estimate of drug-likeness (QED) is 0.899.